The summed E-state index contributed by atoms with van der Waals surface area (Å²) >= 11 is 5.97. The van der Waals surface area contributed by atoms with Crippen LogP contribution in [0.3, 0.4) is 0 Å². The van der Waals surface area contributed by atoms with Gasteiger partial charge in [-0.2, -0.15) is 0 Å². The van der Waals surface area contributed by atoms with Crippen LogP contribution in [0.15, 0.2) is 54.6 Å². The molecule has 0 fully saturated rings. The van der Waals surface area contributed by atoms with Gasteiger partial charge in [-0.05, 0) is 43.7 Å². The first-order valence-electron chi connectivity index (χ1n) is 9.20. The molecular weight excluding hydrogens is 390 g/mol. The third-order valence-corrected chi connectivity index (χ3v) is 4.59. The highest BCUT2D eigenvalue weighted by molar-refractivity contribution is 6.31. The Morgan fingerprint density at radius 1 is 1.00 bits per heavy atom. The number of hydrogen-bond acceptors (Lipinski definition) is 5. The third-order valence-electron chi connectivity index (χ3n) is 4.16. The standard InChI is InChI=1S/C22H22ClN3O3/c1-15-3-5-17(6-4-15)20-9-10-22(26-25-20)28-12-11-24-21(27)14-29-18-7-8-19(23)16(2)13-18/h3-10,13H,11-12,14H2,1-2H3,(H,24,27). The van der Waals surface area contributed by atoms with Gasteiger partial charge in [0.05, 0.1) is 12.2 Å². The van der Waals surface area contributed by atoms with Gasteiger partial charge in [0.1, 0.15) is 12.4 Å². The minimum absolute atomic E-state index is 0.0773. The van der Waals surface area contributed by atoms with Gasteiger partial charge in [-0.15, -0.1) is 10.2 Å². The molecule has 7 heteroatoms. The molecule has 0 spiro atoms. The van der Waals surface area contributed by atoms with Crippen molar-refractivity contribution in [3.63, 3.8) is 0 Å². The van der Waals surface area contributed by atoms with Crippen molar-refractivity contribution >= 4 is 17.5 Å². The number of nitrogens with one attached hydrogen (secondary N) is 1. The molecule has 6 nitrogen and oxygen atoms in total. The van der Waals surface area contributed by atoms with Crippen LogP contribution in [-0.2, 0) is 4.79 Å². The average molecular weight is 412 g/mol. The quantitative estimate of drug-likeness (QED) is 0.567. The van der Waals surface area contributed by atoms with Crippen LogP contribution in [0.4, 0.5) is 0 Å². The Morgan fingerprint density at radius 3 is 2.48 bits per heavy atom. The molecule has 3 rings (SSSR count). The highest BCUT2D eigenvalue weighted by Gasteiger charge is 2.05. The van der Waals surface area contributed by atoms with Crippen LogP contribution in [0.1, 0.15) is 11.1 Å². The van der Waals surface area contributed by atoms with E-state index >= 15 is 0 Å². The Morgan fingerprint density at radius 2 is 1.79 bits per heavy atom. The van der Waals surface area contributed by atoms with Crippen molar-refractivity contribution in [3.8, 4) is 22.9 Å². The molecule has 1 aromatic heterocycles. The number of halogens is 1. The Balaban J connectivity index is 1.38. The zero-order chi connectivity index (χ0) is 20.6. The zero-order valence-electron chi connectivity index (χ0n) is 16.3. The predicted octanol–water partition coefficient (Wildman–Crippen LogP) is 3.99. The molecular formula is C22H22ClN3O3. The number of hydrogen-bond donors (Lipinski definition) is 1. The van der Waals surface area contributed by atoms with Crippen LogP contribution in [-0.4, -0.2) is 35.9 Å². The molecule has 0 unspecified atom stereocenters. The van der Waals surface area contributed by atoms with E-state index in [1.807, 2.05) is 44.2 Å². The summed E-state index contributed by atoms with van der Waals surface area (Å²) in [6.45, 7) is 4.46. The molecule has 1 N–H and O–H groups in total. The summed E-state index contributed by atoms with van der Waals surface area (Å²) in [7, 11) is 0. The maximum atomic E-state index is 11.9. The largest absolute Gasteiger partial charge is 0.484 e. The number of carbonyl (C=O) groups excluding carboxylic acids is 1. The van der Waals surface area contributed by atoms with Gasteiger partial charge in [-0.1, -0.05) is 41.4 Å². The number of rotatable bonds is 8. The van der Waals surface area contributed by atoms with Crippen LogP contribution in [0, 0.1) is 13.8 Å². The van der Waals surface area contributed by atoms with Crippen molar-refractivity contribution in [2.45, 2.75) is 13.8 Å². The Kier molecular flexibility index (Phi) is 7.03. The van der Waals surface area contributed by atoms with Gasteiger partial charge >= 0.3 is 0 Å². The predicted molar refractivity (Wildman–Crippen MR) is 112 cm³/mol. The molecule has 1 amide bonds. The number of aromatic nitrogens is 2. The number of carbonyl (C=O) groups is 1. The van der Waals surface area contributed by atoms with E-state index in [0.29, 0.717) is 23.2 Å². The van der Waals surface area contributed by atoms with Gasteiger partial charge in [0, 0.05) is 16.7 Å². The highest BCUT2D eigenvalue weighted by Crippen LogP contribution is 2.21. The van der Waals surface area contributed by atoms with Crippen LogP contribution in [0.2, 0.25) is 5.02 Å². The molecule has 0 bridgehead atoms. The minimum Gasteiger partial charge on any atom is -0.484 e. The van der Waals surface area contributed by atoms with Crippen LogP contribution in [0.5, 0.6) is 11.6 Å². The molecule has 0 atom stereocenters. The molecule has 3 aromatic rings. The molecule has 0 saturated carbocycles. The summed E-state index contributed by atoms with van der Waals surface area (Å²) in [5.74, 6) is 0.771. The normalized spacial score (nSPS) is 10.4. The van der Waals surface area contributed by atoms with Crippen molar-refractivity contribution in [1.29, 1.82) is 0 Å². The molecule has 0 aliphatic carbocycles. The third kappa shape index (κ3) is 6.19. The van der Waals surface area contributed by atoms with Gasteiger partial charge in [0.15, 0.2) is 6.61 Å². The SMILES string of the molecule is Cc1ccc(-c2ccc(OCCNC(=O)COc3ccc(Cl)c(C)c3)nn2)cc1. The second kappa shape index (κ2) is 9.89. The van der Waals surface area contributed by atoms with E-state index < -0.39 is 0 Å². The molecule has 1 heterocycles. The lowest BCUT2D eigenvalue weighted by Gasteiger charge is -2.09. The van der Waals surface area contributed by atoms with E-state index in [0.717, 1.165) is 16.8 Å². The van der Waals surface area contributed by atoms with Gasteiger partial charge in [0.2, 0.25) is 5.88 Å². The van der Waals surface area contributed by atoms with E-state index in [1.54, 1.807) is 24.3 Å². The maximum absolute atomic E-state index is 11.9. The summed E-state index contributed by atoms with van der Waals surface area (Å²) in [5.41, 5.74) is 3.86. The van der Waals surface area contributed by atoms with E-state index in [1.165, 1.54) is 5.56 Å². The summed E-state index contributed by atoms with van der Waals surface area (Å²) in [6, 6.07) is 16.9. The molecule has 0 radical (unpaired) electrons. The summed E-state index contributed by atoms with van der Waals surface area (Å²) in [6.07, 6.45) is 0. The van der Waals surface area contributed by atoms with Crippen molar-refractivity contribution in [2.24, 2.45) is 0 Å². The van der Waals surface area contributed by atoms with Crippen molar-refractivity contribution in [3.05, 3.63) is 70.7 Å². The fraction of sp³-hybridized carbons (Fsp3) is 0.227. The van der Waals surface area contributed by atoms with Crippen LogP contribution < -0.4 is 14.8 Å². The minimum atomic E-state index is -0.234. The Bertz CT molecular complexity index is 960. The van der Waals surface area contributed by atoms with Gasteiger partial charge in [0.25, 0.3) is 5.91 Å². The molecule has 2 aromatic carbocycles. The second-order valence-corrected chi connectivity index (χ2v) is 6.93. The lowest BCUT2D eigenvalue weighted by Crippen LogP contribution is -2.32. The smallest absolute Gasteiger partial charge is 0.258 e. The van der Waals surface area contributed by atoms with E-state index in [2.05, 4.69) is 15.5 Å². The highest BCUT2D eigenvalue weighted by atomic mass is 35.5. The molecule has 0 aliphatic rings. The van der Waals surface area contributed by atoms with Gasteiger partial charge in [-0.3, -0.25) is 4.79 Å². The first kappa shape index (κ1) is 20.6. The maximum Gasteiger partial charge on any atom is 0.258 e. The summed E-state index contributed by atoms with van der Waals surface area (Å²) < 4.78 is 11.0. The monoisotopic (exact) mass is 411 g/mol. The Hall–Kier alpha value is -3.12. The number of amides is 1. The molecule has 0 saturated heterocycles. The lowest BCUT2D eigenvalue weighted by atomic mass is 10.1. The lowest BCUT2D eigenvalue weighted by molar-refractivity contribution is -0.123. The van der Waals surface area contributed by atoms with Gasteiger partial charge in [-0.25, -0.2) is 0 Å². The fourth-order valence-electron chi connectivity index (χ4n) is 2.53. The first-order valence-corrected chi connectivity index (χ1v) is 9.58. The number of aryl methyl sites for hydroxylation is 2. The van der Waals surface area contributed by atoms with Crippen molar-refractivity contribution < 1.29 is 14.3 Å². The Labute approximate surface area is 174 Å². The van der Waals surface area contributed by atoms with Crippen molar-refractivity contribution in [2.75, 3.05) is 19.8 Å². The van der Waals surface area contributed by atoms with E-state index in [4.69, 9.17) is 21.1 Å². The number of nitrogens with zero attached hydrogens (tertiary/aromatic N) is 2. The molecule has 29 heavy (non-hydrogen) atoms. The van der Waals surface area contributed by atoms with E-state index in [-0.39, 0.29) is 19.1 Å². The van der Waals surface area contributed by atoms with E-state index in [9.17, 15) is 4.79 Å². The van der Waals surface area contributed by atoms with Gasteiger partial charge < -0.3 is 14.8 Å². The van der Waals surface area contributed by atoms with Crippen LogP contribution in [0.25, 0.3) is 11.3 Å². The number of benzene rings is 2. The zero-order valence-corrected chi connectivity index (χ0v) is 17.1. The second-order valence-electron chi connectivity index (χ2n) is 6.52. The fourth-order valence-corrected chi connectivity index (χ4v) is 2.65. The average Bonchev–Trinajstić information content (AvgIpc) is 2.73. The topological polar surface area (TPSA) is 73.3 Å². The first-order chi connectivity index (χ1) is 14.0. The van der Waals surface area contributed by atoms with Crippen LogP contribution >= 0.6 is 11.6 Å². The van der Waals surface area contributed by atoms with Crippen molar-refractivity contribution in [1.82, 2.24) is 15.5 Å². The summed E-state index contributed by atoms with van der Waals surface area (Å²) in [4.78, 5) is 11.9. The number of ether oxygens (including phenoxy) is 2. The summed E-state index contributed by atoms with van der Waals surface area (Å²) in [5, 5.41) is 11.6. The molecule has 0 aliphatic heterocycles. The molecule has 150 valence electrons.